The molecule has 1 heterocycles. The van der Waals surface area contributed by atoms with Crippen LogP contribution in [-0.4, -0.2) is 40.2 Å². The van der Waals surface area contributed by atoms with E-state index in [0.29, 0.717) is 0 Å². The first-order valence-corrected chi connectivity index (χ1v) is 9.57. The van der Waals surface area contributed by atoms with Crippen molar-refractivity contribution in [1.29, 1.82) is 0 Å². The van der Waals surface area contributed by atoms with Crippen LogP contribution >= 0.6 is 0 Å². The number of rotatable bonds is 6. The molecule has 0 saturated heterocycles. The van der Waals surface area contributed by atoms with Crippen molar-refractivity contribution in [1.82, 2.24) is 14.0 Å². The molecule has 0 radical (unpaired) electrons. The van der Waals surface area contributed by atoms with E-state index in [2.05, 4.69) is 9.71 Å². The third kappa shape index (κ3) is 4.14. The van der Waals surface area contributed by atoms with E-state index in [4.69, 9.17) is 0 Å². The van der Waals surface area contributed by atoms with Gasteiger partial charge in [-0.3, -0.25) is 4.98 Å². The van der Waals surface area contributed by atoms with Gasteiger partial charge in [0.2, 0.25) is 20.0 Å². The summed E-state index contributed by atoms with van der Waals surface area (Å²) in [7, 11) is -4.48. The summed E-state index contributed by atoms with van der Waals surface area (Å²) in [5, 5.41) is 0. The molecule has 0 saturated carbocycles. The van der Waals surface area contributed by atoms with Gasteiger partial charge in [-0.2, -0.15) is 0 Å². The van der Waals surface area contributed by atoms with E-state index >= 15 is 0 Å². The Morgan fingerprint density at radius 2 is 1.43 bits per heavy atom. The molecule has 0 aliphatic rings. The summed E-state index contributed by atoms with van der Waals surface area (Å²) in [4.78, 5) is 3.90. The van der Waals surface area contributed by atoms with E-state index in [1.54, 1.807) is 24.5 Å². The molecular formula is C14H17N3O4S2. The van der Waals surface area contributed by atoms with Crippen molar-refractivity contribution in [3.05, 3.63) is 54.4 Å². The lowest BCUT2D eigenvalue weighted by atomic mass is 10.3. The summed E-state index contributed by atoms with van der Waals surface area (Å²) in [5.74, 6) is 0. The SMILES string of the molecule is CN(C)S(=O)(=O)c1ccc(S(=O)(=O)NCc2ccncc2)cc1. The van der Waals surface area contributed by atoms with Gasteiger partial charge in [-0.25, -0.2) is 25.9 Å². The van der Waals surface area contributed by atoms with Crippen molar-refractivity contribution in [2.24, 2.45) is 0 Å². The lowest BCUT2D eigenvalue weighted by Crippen LogP contribution is -2.24. The Hall–Kier alpha value is -1.81. The third-order valence-corrected chi connectivity index (χ3v) is 6.37. The fourth-order valence-corrected chi connectivity index (χ4v) is 3.68. The minimum absolute atomic E-state index is 0.00395. The van der Waals surface area contributed by atoms with Crippen molar-refractivity contribution in [3.8, 4) is 0 Å². The third-order valence-electron chi connectivity index (χ3n) is 3.13. The Morgan fingerprint density at radius 3 is 1.96 bits per heavy atom. The van der Waals surface area contributed by atoms with Gasteiger partial charge < -0.3 is 0 Å². The quantitative estimate of drug-likeness (QED) is 0.827. The molecule has 0 aliphatic heterocycles. The minimum Gasteiger partial charge on any atom is -0.265 e. The van der Waals surface area contributed by atoms with Gasteiger partial charge in [-0.1, -0.05) is 0 Å². The fourth-order valence-electron chi connectivity index (χ4n) is 1.76. The van der Waals surface area contributed by atoms with Gasteiger partial charge in [0.15, 0.2) is 0 Å². The molecule has 2 aromatic rings. The zero-order valence-electron chi connectivity index (χ0n) is 12.7. The van der Waals surface area contributed by atoms with Gasteiger partial charge >= 0.3 is 0 Å². The molecule has 0 fully saturated rings. The van der Waals surface area contributed by atoms with Crippen LogP contribution in [0.15, 0.2) is 58.6 Å². The second-order valence-electron chi connectivity index (χ2n) is 4.94. The van der Waals surface area contributed by atoms with Crippen molar-refractivity contribution in [2.45, 2.75) is 16.3 Å². The van der Waals surface area contributed by atoms with E-state index < -0.39 is 20.0 Å². The summed E-state index contributed by atoms with van der Waals surface area (Å²) >= 11 is 0. The predicted octanol–water partition coefficient (Wildman–Crippen LogP) is 0.810. The summed E-state index contributed by atoms with van der Waals surface area (Å²) in [6, 6.07) is 8.49. The van der Waals surface area contributed by atoms with Gasteiger partial charge in [-0.05, 0) is 42.0 Å². The van der Waals surface area contributed by atoms with Gasteiger partial charge in [0, 0.05) is 33.0 Å². The van der Waals surface area contributed by atoms with Crippen LogP contribution in [0.4, 0.5) is 0 Å². The van der Waals surface area contributed by atoms with Crippen molar-refractivity contribution in [2.75, 3.05) is 14.1 Å². The molecule has 124 valence electrons. The van der Waals surface area contributed by atoms with E-state index in [1.165, 1.54) is 38.4 Å². The van der Waals surface area contributed by atoms with Crippen LogP contribution in [0.5, 0.6) is 0 Å². The number of sulfonamides is 2. The van der Waals surface area contributed by atoms with Gasteiger partial charge in [0.05, 0.1) is 9.79 Å². The van der Waals surface area contributed by atoms with E-state index in [-0.39, 0.29) is 16.3 Å². The fraction of sp³-hybridized carbons (Fsp3) is 0.214. The summed E-state index contributed by atoms with van der Waals surface area (Å²) < 4.78 is 51.9. The Labute approximate surface area is 136 Å². The summed E-state index contributed by atoms with van der Waals surface area (Å²) in [5.41, 5.74) is 0.774. The molecule has 1 N–H and O–H groups in total. The first-order chi connectivity index (χ1) is 10.7. The lowest BCUT2D eigenvalue weighted by Gasteiger charge is -2.12. The Morgan fingerprint density at radius 1 is 0.913 bits per heavy atom. The number of hydrogen-bond donors (Lipinski definition) is 1. The van der Waals surface area contributed by atoms with Gasteiger partial charge in [-0.15, -0.1) is 0 Å². The maximum absolute atomic E-state index is 12.2. The average Bonchev–Trinajstić information content (AvgIpc) is 2.54. The van der Waals surface area contributed by atoms with E-state index in [0.717, 1.165) is 9.87 Å². The minimum atomic E-state index is -3.72. The van der Waals surface area contributed by atoms with Crippen LogP contribution in [0.1, 0.15) is 5.56 Å². The number of hydrogen-bond acceptors (Lipinski definition) is 5. The van der Waals surface area contributed by atoms with Crippen LogP contribution in [0.25, 0.3) is 0 Å². The molecule has 9 heteroatoms. The first kappa shape index (κ1) is 17.5. The molecule has 0 unspecified atom stereocenters. The molecule has 0 spiro atoms. The number of benzene rings is 1. The van der Waals surface area contributed by atoms with Crippen molar-refractivity contribution < 1.29 is 16.8 Å². The highest BCUT2D eigenvalue weighted by Crippen LogP contribution is 2.17. The number of aromatic nitrogens is 1. The van der Waals surface area contributed by atoms with Crippen LogP contribution in [-0.2, 0) is 26.6 Å². The Bertz CT molecular complexity index is 862. The predicted molar refractivity (Wildman–Crippen MR) is 85.6 cm³/mol. The highest BCUT2D eigenvalue weighted by atomic mass is 32.2. The highest BCUT2D eigenvalue weighted by Gasteiger charge is 2.19. The van der Waals surface area contributed by atoms with Gasteiger partial charge in [0.1, 0.15) is 0 Å². The molecule has 23 heavy (non-hydrogen) atoms. The molecule has 1 aromatic heterocycles. The van der Waals surface area contributed by atoms with Gasteiger partial charge in [0.25, 0.3) is 0 Å². The summed E-state index contributed by atoms with van der Waals surface area (Å²) in [6.45, 7) is 0.128. The summed E-state index contributed by atoms with van der Waals surface area (Å²) in [6.07, 6.45) is 3.15. The molecule has 0 aliphatic carbocycles. The van der Waals surface area contributed by atoms with Crippen LogP contribution in [0.3, 0.4) is 0 Å². The topological polar surface area (TPSA) is 96.4 Å². The first-order valence-electron chi connectivity index (χ1n) is 6.64. The Kier molecular flexibility index (Phi) is 5.15. The second-order valence-corrected chi connectivity index (χ2v) is 8.86. The molecule has 7 nitrogen and oxygen atoms in total. The normalized spacial score (nSPS) is 12.5. The second kappa shape index (κ2) is 6.75. The molecular weight excluding hydrogens is 338 g/mol. The lowest BCUT2D eigenvalue weighted by molar-refractivity contribution is 0.520. The smallest absolute Gasteiger partial charge is 0.242 e. The molecule has 0 amide bonds. The Balaban J connectivity index is 2.18. The standard InChI is InChI=1S/C14H17N3O4S2/c1-17(2)23(20,21)14-5-3-13(4-6-14)22(18,19)16-11-12-7-9-15-10-8-12/h3-10,16H,11H2,1-2H3. The van der Waals surface area contributed by atoms with E-state index in [9.17, 15) is 16.8 Å². The average molecular weight is 355 g/mol. The number of nitrogens with one attached hydrogen (secondary N) is 1. The monoisotopic (exact) mass is 355 g/mol. The van der Waals surface area contributed by atoms with Crippen molar-refractivity contribution in [3.63, 3.8) is 0 Å². The maximum atomic E-state index is 12.2. The largest absolute Gasteiger partial charge is 0.265 e. The zero-order valence-corrected chi connectivity index (χ0v) is 14.3. The molecule has 1 aromatic carbocycles. The maximum Gasteiger partial charge on any atom is 0.242 e. The van der Waals surface area contributed by atoms with E-state index in [1.807, 2.05) is 0 Å². The number of pyridine rings is 1. The van der Waals surface area contributed by atoms with Crippen molar-refractivity contribution >= 4 is 20.0 Å². The van der Waals surface area contributed by atoms with Crippen LogP contribution in [0, 0.1) is 0 Å². The zero-order chi connectivity index (χ0) is 17.1. The molecule has 0 bridgehead atoms. The van der Waals surface area contributed by atoms with Crippen LogP contribution < -0.4 is 4.72 Å². The molecule has 2 rings (SSSR count). The highest BCUT2D eigenvalue weighted by molar-refractivity contribution is 7.89. The number of nitrogens with zero attached hydrogens (tertiary/aromatic N) is 2. The molecule has 0 atom stereocenters. The van der Waals surface area contributed by atoms with Crippen LogP contribution in [0.2, 0.25) is 0 Å².